The highest BCUT2D eigenvalue weighted by Gasteiger charge is 2.03. The molecule has 0 aliphatic rings. The zero-order valence-electron chi connectivity index (χ0n) is 9.65. The molecule has 0 atom stereocenters. The van der Waals surface area contributed by atoms with Crippen molar-refractivity contribution >= 4 is 0 Å². The number of rotatable bonds is 11. The van der Waals surface area contributed by atoms with Gasteiger partial charge in [-0.3, -0.25) is 4.90 Å². The van der Waals surface area contributed by atoms with Crippen LogP contribution in [-0.4, -0.2) is 69.7 Å². The van der Waals surface area contributed by atoms with Crippen molar-refractivity contribution in [3.63, 3.8) is 0 Å². The molecule has 0 aliphatic heterocycles. The quantitative estimate of drug-likeness (QED) is 0.450. The fraction of sp³-hybridized carbons (Fsp3) is 1.00. The van der Waals surface area contributed by atoms with Crippen LogP contribution in [0.3, 0.4) is 0 Å². The third-order valence-electron chi connectivity index (χ3n) is 2.08. The van der Waals surface area contributed by atoms with E-state index < -0.39 is 0 Å². The maximum absolute atomic E-state index is 8.54. The first kappa shape index (κ1) is 14.8. The van der Waals surface area contributed by atoms with Gasteiger partial charge in [-0.2, -0.15) is 0 Å². The van der Waals surface area contributed by atoms with E-state index in [1.165, 1.54) is 0 Å². The third-order valence-corrected chi connectivity index (χ3v) is 2.08. The first-order valence-corrected chi connectivity index (χ1v) is 5.45. The van der Waals surface area contributed by atoms with Crippen LogP contribution < -0.4 is 5.73 Å². The predicted molar refractivity (Wildman–Crippen MR) is 59.9 cm³/mol. The van der Waals surface area contributed by atoms with Gasteiger partial charge in [-0.05, 0) is 19.5 Å². The lowest BCUT2D eigenvalue weighted by molar-refractivity contribution is 0.0658. The van der Waals surface area contributed by atoms with E-state index in [1.807, 2.05) is 0 Å². The topological polar surface area (TPSA) is 68.0 Å². The van der Waals surface area contributed by atoms with Crippen LogP contribution in [0.15, 0.2) is 0 Å². The number of aliphatic hydroxyl groups excluding tert-OH is 1. The number of hydrogen-bond donors (Lipinski definition) is 2. The van der Waals surface area contributed by atoms with Gasteiger partial charge in [-0.25, -0.2) is 0 Å². The summed E-state index contributed by atoms with van der Waals surface area (Å²) in [4.78, 5) is 2.26. The summed E-state index contributed by atoms with van der Waals surface area (Å²) in [7, 11) is 1.70. The Hall–Kier alpha value is -0.200. The number of nitrogens with two attached hydrogens (primary N) is 1. The summed E-state index contributed by atoms with van der Waals surface area (Å²) in [5.74, 6) is 0. The first-order valence-electron chi connectivity index (χ1n) is 5.45. The molecule has 5 heteroatoms. The SMILES string of the molecule is COCCN(CCCN)CCOCCO. The van der Waals surface area contributed by atoms with Crippen LogP contribution in [0, 0.1) is 0 Å². The van der Waals surface area contributed by atoms with Gasteiger partial charge < -0.3 is 20.3 Å². The molecular weight excluding hydrogens is 196 g/mol. The minimum absolute atomic E-state index is 0.0842. The van der Waals surface area contributed by atoms with E-state index in [-0.39, 0.29) is 6.61 Å². The van der Waals surface area contributed by atoms with Gasteiger partial charge in [-0.15, -0.1) is 0 Å². The van der Waals surface area contributed by atoms with E-state index >= 15 is 0 Å². The smallest absolute Gasteiger partial charge is 0.0698 e. The zero-order valence-corrected chi connectivity index (χ0v) is 9.65. The van der Waals surface area contributed by atoms with E-state index in [4.69, 9.17) is 20.3 Å². The standard InChI is InChI=1S/C10H24N2O3/c1-14-8-5-12(4-2-3-11)6-9-15-10-7-13/h13H,2-11H2,1H3. The minimum Gasteiger partial charge on any atom is -0.394 e. The second kappa shape index (κ2) is 11.9. The fourth-order valence-corrected chi connectivity index (χ4v) is 1.23. The fourth-order valence-electron chi connectivity index (χ4n) is 1.23. The lowest BCUT2D eigenvalue weighted by Gasteiger charge is -2.21. The van der Waals surface area contributed by atoms with Crippen molar-refractivity contribution < 1.29 is 14.6 Å². The van der Waals surface area contributed by atoms with Gasteiger partial charge in [0.25, 0.3) is 0 Å². The molecule has 0 rings (SSSR count). The summed E-state index contributed by atoms with van der Waals surface area (Å²) >= 11 is 0. The van der Waals surface area contributed by atoms with Gasteiger partial charge in [-0.1, -0.05) is 0 Å². The van der Waals surface area contributed by atoms with Crippen molar-refractivity contribution in [2.24, 2.45) is 5.73 Å². The highest BCUT2D eigenvalue weighted by Crippen LogP contribution is 1.91. The van der Waals surface area contributed by atoms with Gasteiger partial charge in [0.15, 0.2) is 0 Å². The number of hydrogen-bond acceptors (Lipinski definition) is 5. The molecule has 0 bridgehead atoms. The second-order valence-corrected chi connectivity index (χ2v) is 3.31. The molecule has 0 unspecified atom stereocenters. The number of aliphatic hydroxyl groups is 1. The van der Waals surface area contributed by atoms with Crippen LogP contribution in [0.5, 0.6) is 0 Å². The molecule has 92 valence electrons. The number of nitrogens with zero attached hydrogens (tertiary/aromatic N) is 1. The Morgan fingerprint density at radius 2 is 1.87 bits per heavy atom. The van der Waals surface area contributed by atoms with E-state index in [0.29, 0.717) is 19.8 Å². The van der Waals surface area contributed by atoms with Crippen LogP contribution in [0.2, 0.25) is 0 Å². The maximum atomic E-state index is 8.54. The van der Waals surface area contributed by atoms with Crippen molar-refractivity contribution in [3.8, 4) is 0 Å². The van der Waals surface area contributed by atoms with E-state index in [9.17, 15) is 0 Å². The Bertz CT molecular complexity index is 117. The predicted octanol–water partition coefficient (Wildman–Crippen LogP) is -0.707. The Labute approximate surface area is 92.1 Å². The minimum atomic E-state index is 0.0842. The Kier molecular flexibility index (Phi) is 11.7. The molecule has 0 aliphatic carbocycles. The molecule has 0 spiro atoms. The maximum Gasteiger partial charge on any atom is 0.0698 e. The van der Waals surface area contributed by atoms with Gasteiger partial charge in [0.05, 0.1) is 26.4 Å². The molecule has 0 radical (unpaired) electrons. The van der Waals surface area contributed by atoms with Crippen molar-refractivity contribution in [2.75, 3.05) is 59.7 Å². The average molecular weight is 220 g/mol. The van der Waals surface area contributed by atoms with Crippen molar-refractivity contribution in [1.29, 1.82) is 0 Å². The molecule has 0 saturated carbocycles. The average Bonchev–Trinajstić information content (AvgIpc) is 2.27. The molecule has 0 heterocycles. The molecule has 0 fully saturated rings. The highest BCUT2D eigenvalue weighted by molar-refractivity contribution is 4.57. The van der Waals surface area contributed by atoms with Crippen LogP contribution >= 0.6 is 0 Å². The van der Waals surface area contributed by atoms with Crippen molar-refractivity contribution in [3.05, 3.63) is 0 Å². The summed E-state index contributed by atoms with van der Waals surface area (Å²) in [6.45, 7) is 5.32. The summed E-state index contributed by atoms with van der Waals surface area (Å²) in [6, 6.07) is 0. The molecule has 5 nitrogen and oxygen atoms in total. The first-order chi connectivity index (χ1) is 7.35. The van der Waals surface area contributed by atoms with E-state index in [2.05, 4.69) is 4.90 Å². The van der Waals surface area contributed by atoms with Crippen molar-refractivity contribution in [2.45, 2.75) is 6.42 Å². The number of methoxy groups -OCH3 is 1. The van der Waals surface area contributed by atoms with Crippen LogP contribution in [0.1, 0.15) is 6.42 Å². The molecule has 0 amide bonds. The Morgan fingerprint density at radius 1 is 1.13 bits per heavy atom. The molecular formula is C10H24N2O3. The van der Waals surface area contributed by atoms with E-state index in [0.717, 1.165) is 32.7 Å². The molecule has 0 aromatic heterocycles. The van der Waals surface area contributed by atoms with Crippen LogP contribution in [0.25, 0.3) is 0 Å². The molecule has 0 aromatic carbocycles. The summed E-state index contributed by atoms with van der Waals surface area (Å²) in [5.41, 5.74) is 5.46. The third kappa shape index (κ3) is 10.1. The van der Waals surface area contributed by atoms with E-state index in [1.54, 1.807) is 7.11 Å². The van der Waals surface area contributed by atoms with Gasteiger partial charge in [0, 0.05) is 20.2 Å². The normalized spacial score (nSPS) is 11.2. The van der Waals surface area contributed by atoms with Crippen molar-refractivity contribution in [1.82, 2.24) is 4.90 Å². The Balaban J connectivity index is 3.49. The van der Waals surface area contributed by atoms with Gasteiger partial charge in [0.2, 0.25) is 0 Å². The van der Waals surface area contributed by atoms with Gasteiger partial charge >= 0.3 is 0 Å². The second-order valence-electron chi connectivity index (χ2n) is 3.31. The molecule has 3 N–H and O–H groups in total. The summed E-state index contributed by atoms with van der Waals surface area (Å²) in [6.07, 6.45) is 0.990. The lowest BCUT2D eigenvalue weighted by atomic mass is 10.3. The highest BCUT2D eigenvalue weighted by atomic mass is 16.5. The molecule has 0 saturated heterocycles. The van der Waals surface area contributed by atoms with Gasteiger partial charge in [0.1, 0.15) is 0 Å². The lowest BCUT2D eigenvalue weighted by Crippen LogP contribution is -2.33. The number of ether oxygens (including phenoxy) is 2. The molecule has 15 heavy (non-hydrogen) atoms. The summed E-state index contributed by atoms with van der Waals surface area (Å²) < 4.78 is 10.2. The Morgan fingerprint density at radius 3 is 2.47 bits per heavy atom. The van der Waals surface area contributed by atoms with Crippen LogP contribution in [-0.2, 0) is 9.47 Å². The zero-order chi connectivity index (χ0) is 11.4. The largest absolute Gasteiger partial charge is 0.394 e. The monoisotopic (exact) mass is 220 g/mol. The summed E-state index contributed by atoms with van der Waals surface area (Å²) in [5, 5.41) is 8.54. The molecule has 0 aromatic rings. The van der Waals surface area contributed by atoms with Crippen LogP contribution in [0.4, 0.5) is 0 Å².